The van der Waals surface area contributed by atoms with Gasteiger partial charge in [0, 0.05) is 18.1 Å². The monoisotopic (exact) mass is 413 g/mol. The van der Waals surface area contributed by atoms with E-state index in [1.54, 1.807) is 12.1 Å². The first-order chi connectivity index (χ1) is 11.4. The lowest BCUT2D eigenvalue weighted by Crippen LogP contribution is -2.31. The quantitative estimate of drug-likeness (QED) is 0.697. The fraction of sp³-hybridized carbons (Fsp3) is 0.294. The normalized spacial score (nSPS) is 11.5. The van der Waals surface area contributed by atoms with Crippen LogP contribution in [0.25, 0.3) is 0 Å². The van der Waals surface area contributed by atoms with E-state index in [4.69, 9.17) is 9.47 Å². The second kappa shape index (κ2) is 8.00. The van der Waals surface area contributed by atoms with Crippen molar-refractivity contribution in [1.29, 1.82) is 0 Å². The summed E-state index contributed by atoms with van der Waals surface area (Å²) in [5, 5.41) is 0. The van der Waals surface area contributed by atoms with Crippen LogP contribution in [0.2, 0.25) is 0 Å². The molecule has 0 amide bonds. The summed E-state index contributed by atoms with van der Waals surface area (Å²) >= 11 is 3.30. The van der Waals surface area contributed by atoms with Crippen LogP contribution in [0.5, 0.6) is 11.5 Å². The van der Waals surface area contributed by atoms with Crippen LogP contribution in [0.1, 0.15) is 5.56 Å². The largest absolute Gasteiger partial charge is 0.495 e. The van der Waals surface area contributed by atoms with E-state index >= 15 is 0 Å². The van der Waals surface area contributed by atoms with Crippen LogP contribution >= 0.6 is 15.9 Å². The Labute approximate surface area is 151 Å². The number of ether oxygens (including phenoxy) is 2. The van der Waals surface area contributed by atoms with E-state index in [1.165, 1.54) is 24.5 Å². The molecule has 0 saturated carbocycles. The highest BCUT2D eigenvalue weighted by Gasteiger charge is 2.25. The molecule has 24 heavy (non-hydrogen) atoms. The number of rotatable bonds is 7. The fourth-order valence-electron chi connectivity index (χ4n) is 2.14. The number of aryl methyl sites for hydroxylation is 1. The summed E-state index contributed by atoms with van der Waals surface area (Å²) < 4.78 is 38.3. The summed E-state index contributed by atoms with van der Waals surface area (Å²) in [7, 11) is -0.698. The van der Waals surface area contributed by atoms with Gasteiger partial charge in [0.25, 0.3) is 0 Å². The summed E-state index contributed by atoms with van der Waals surface area (Å²) in [6.45, 7) is 2.44. The molecule has 0 fully saturated rings. The van der Waals surface area contributed by atoms with Crippen LogP contribution in [-0.4, -0.2) is 40.0 Å². The minimum absolute atomic E-state index is 0.123. The average Bonchev–Trinajstić information content (AvgIpc) is 2.56. The van der Waals surface area contributed by atoms with E-state index in [-0.39, 0.29) is 18.0 Å². The van der Waals surface area contributed by atoms with E-state index in [2.05, 4.69) is 15.9 Å². The predicted octanol–water partition coefficient (Wildman–Crippen LogP) is 3.47. The van der Waals surface area contributed by atoms with E-state index in [1.807, 2.05) is 31.2 Å². The number of para-hydroxylation sites is 1. The summed E-state index contributed by atoms with van der Waals surface area (Å²) in [6.07, 6.45) is 0. The number of halogens is 1. The molecule has 0 bridgehead atoms. The highest BCUT2D eigenvalue weighted by atomic mass is 79.9. The Morgan fingerprint density at radius 1 is 1.12 bits per heavy atom. The zero-order chi connectivity index (χ0) is 17.7. The summed E-state index contributed by atoms with van der Waals surface area (Å²) in [5.74, 6) is 1.06. The van der Waals surface area contributed by atoms with Crippen molar-refractivity contribution in [2.45, 2.75) is 11.8 Å². The molecular weight excluding hydrogens is 394 g/mol. The number of nitrogens with zero attached hydrogens (tertiary/aromatic N) is 1. The smallest absolute Gasteiger partial charge is 0.246 e. The van der Waals surface area contributed by atoms with Gasteiger partial charge in [-0.15, -0.1) is 0 Å². The molecule has 2 aromatic rings. The van der Waals surface area contributed by atoms with Crippen molar-refractivity contribution in [3.63, 3.8) is 0 Å². The SMILES string of the molecule is COc1ccc(Br)cc1S(=O)(=O)N(C)CCOc1ccccc1C. The molecule has 0 radical (unpaired) electrons. The molecule has 7 heteroatoms. The van der Waals surface area contributed by atoms with Gasteiger partial charge in [0.2, 0.25) is 10.0 Å². The second-order valence-corrected chi connectivity index (χ2v) is 8.16. The maximum Gasteiger partial charge on any atom is 0.246 e. The van der Waals surface area contributed by atoms with Crippen molar-refractivity contribution in [1.82, 2.24) is 4.31 Å². The van der Waals surface area contributed by atoms with Crippen molar-refractivity contribution >= 4 is 26.0 Å². The van der Waals surface area contributed by atoms with Gasteiger partial charge in [0.05, 0.1) is 7.11 Å². The van der Waals surface area contributed by atoms with Crippen LogP contribution in [0.4, 0.5) is 0 Å². The highest BCUT2D eigenvalue weighted by molar-refractivity contribution is 9.10. The Morgan fingerprint density at radius 3 is 2.50 bits per heavy atom. The maximum atomic E-state index is 12.7. The van der Waals surface area contributed by atoms with Gasteiger partial charge < -0.3 is 9.47 Å². The van der Waals surface area contributed by atoms with E-state index in [0.717, 1.165) is 11.3 Å². The molecule has 0 aliphatic heterocycles. The number of hydrogen-bond donors (Lipinski definition) is 0. The number of likely N-dealkylation sites (N-methyl/N-ethyl adjacent to an activating group) is 1. The molecule has 2 aromatic carbocycles. The third-order valence-electron chi connectivity index (χ3n) is 3.57. The molecule has 0 heterocycles. The summed E-state index contributed by atoms with van der Waals surface area (Å²) in [6, 6.07) is 12.5. The van der Waals surface area contributed by atoms with Gasteiger partial charge in [-0.2, -0.15) is 4.31 Å². The Kier molecular flexibility index (Phi) is 6.26. The van der Waals surface area contributed by atoms with Gasteiger partial charge in [-0.25, -0.2) is 8.42 Å². The Morgan fingerprint density at radius 2 is 1.83 bits per heavy atom. The third-order valence-corrected chi connectivity index (χ3v) is 5.94. The van der Waals surface area contributed by atoms with E-state index < -0.39 is 10.0 Å². The van der Waals surface area contributed by atoms with Crippen molar-refractivity contribution in [2.75, 3.05) is 27.3 Å². The van der Waals surface area contributed by atoms with E-state index in [9.17, 15) is 8.42 Å². The minimum Gasteiger partial charge on any atom is -0.495 e. The average molecular weight is 414 g/mol. The highest BCUT2D eigenvalue weighted by Crippen LogP contribution is 2.29. The molecule has 0 atom stereocenters. The summed E-state index contributed by atoms with van der Waals surface area (Å²) in [5.41, 5.74) is 1.01. The zero-order valence-corrected chi connectivity index (χ0v) is 16.2. The fourth-order valence-corrected chi connectivity index (χ4v) is 3.99. The van der Waals surface area contributed by atoms with Gasteiger partial charge in [0.1, 0.15) is 23.0 Å². The predicted molar refractivity (Wildman–Crippen MR) is 97.2 cm³/mol. The first-order valence-corrected chi connectivity index (χ1v) is 9.58. The molecular formula is C17H20BrNO4S. The Balaban J connectivity index is 2.10. The van der Waals surface area contributed by atoms with Gasteiger partial charge in [-0.3, -0.25) is 0 Å². The molecule has 0 aromatic heterocycles. The lowest BCUT2D eigenvalue weighted by atomic mass is 10.2. The van der Waals surface area contributed by atoms with Crippen LogP contribution in [-0.2, 0) is 10.0 Å². The molecule has 130 valence electrons. The van der Waals surface area contributed by atoms with Crippen LogP contribution < -0.4 is 9.47 Å². The number of hydrogen-bond acceptors (Lipinski definition) is 4. The first kappa shape index (κ1) is 18.8. The first-order valence-electron chi connectivity index (χ1n) is 7.34. The molecule has 0 N–H and O–H groups in total. The minimum atomic E-state index is -3.67. The van der Waals surface area contributed by atoms with Gasteiger partial charge >= 0.3 is 0 Å². The van der Waals surface area contributed by atoms with Gasteiger partial charge in [-0.1, -0.05) is 34.1 Å². The van der Waals surface area contributed by atoms with Crippen LogP contribution in [0.3, 0.4) is 0 Å². The lowest BCUT2D eigenvalue weighted by molar-refractivity contribution is 0.285. The van der Waals surface area contributed by atoms with Gasteiger partial charge in [-0.05, 0) is 36.8 Å². The van der Waals surface area contributed by atoms with Crippen molar-refractivity contribution < 1.29 is 17.9 Å². The number of methoxy groups -OCH3 is 1. The van der Waals surface area contributed by atoms with Crippen LogP contribution in [0, 0.1) is 6.92 Å². The van der Waals surface area contributed by atoms with Gasteiger partial charge in [0.15, 0.2) is 0 Å². The summed E-state index contributed by atoms with van der Waals surface area (Å²) in [4.78, 5) is 0.123. The molecule has 0 spiro atoms. The van der Waals surface area contributed by atoms with Crippen LogP contribution in [0.15, 0.2) is 51.8 Å². The molecule has 0 unspecified atom stereocenters. The Hall–Kier alpha value is -1.57. The number of benzene rings is 2. The second-order valence-electron chi connectivity index (χ2n) is 5.24. The number of sulfonamides is 1. The van der Waals surface area contributed by atoms with Crippen molar-refractivity contribution in [2.24, 2.45) is 0 Å². The Bertz CT molecular complexity index is 808. The third kappa shape index (κ3) is 4.28. The topological polar surface area (TPSA) is 55.8 Å². The zero-order valence-electron chi connectivity index (χ0n) is 13.8. The van der Waals surface area contributed by atoms with Crippen molar-refractivity contribution in [3.05, 3.63) is 52.5 Å². The van der Waals surface area contributed by atoms with Crippen molar-refractivity contribution in [3.8, 4) is 11.5 Å². The van der Waals surface area contributed by atoms with E-state index in [0.29, 0.717) is 10.2 Å². The molecule has 5 nitrogen and oxygen atoms in total. The molecule has 2 rings (SSSR count). The lowest BCUT2D eigenvalue weighted by Gasteiger charge is -2.19. The molecule has 0 saturated heterocycles. The maximum absolute atomic E-state index is 12.7. The molecule has 0 aliphatic rings. The standard InChI is InChI=1S/C17H20BrNO4S/c1-13-6-4-5-7-15(13)23-11-10-19(2)24(20,21)17-12-14(18)8-9-16(17)22-3/h4-9,12H,10-11H2,1-3H3. The molecule has 0 aliphatic carbocycles.